The number of thiol groups is 1. The van der Waals surface area contributed by atoms with Crippen LogP contribution in [0.1, 0.15) is 38.1 Å². The highest BCUT2D eigenvalue weighted by atomic mass is 32.1. The third-order valence-electron chi connectivity index (χ3n) is 1.09. The van der Waals surface area contributed by atoms with Crippen LogP contribution >= 0.6 is 12.9 Å². The van der Waals surface area contributed by atoms with E-state index in [1.165, 1.54) is 0 Å². The number of rotatable bonds is 1. The summed E-state index contributed by atoms with van der Waals surface area (Å²) in [6, 6.07) is 8.69. The van der Waals surface area contributed by atoms with E-state index in [2.05, 4.69) is 44.8 Å². The second-order valence-corrected chi connectivity index (χ2v) is 4.93. The molecule has 0 aliphatic heterocycles. The summed E-state index contributed by atoms with van der Waals surface area (Å²) in [4.78, 5) is 18.7. The van der Waals surface area contributed by atoms with Gasteiger partial charge < -0.3 is 8.98 Å². The Bertz CT molecular complexity index is 298. The van der Waals surface area contributed by atoms with Crippen LogP contribution in [0.15, 0.2) is 30.3 Å². The highest BCUT2D eigenvalue weighted by Gasteiger charge is 2.01. The minimum Gasteiger partial charge on any atom is -0.391 e. The van der Waals surface area contributed by atoms with E-state index in [4.69, 9.17) is 4.79 Å². The zero-order valence-corrected chi connectivity index (χ0v) is 11.7. The fourth-order valence-corrected chi connectivity index (χ4v) is 0.732. The molecule has 96 valence electrons. The molecule has 1 aromatic carbocycles. The average molecular weight is 256 g/mol. The Hall–Kier alpha value is -1.29. The van der Waals surface area contributed by atoms with Gasteiger partial charge in [0.25, 0.3) is 0 Å². The smallest absolute Gasteiger partial charge is 0.349 e. The Morgan fingerprint density at radius 2 is 1.47 bits per heavy atom. The van der Waals surface area contributed by atoms with Crippen LogP contribution in [0, 0.1) is 5.41 Å². The van der Waals surface area contributed by atoms with Crippen molar-refractivity contribution in [3.05, 3.63) is 35.9 Å². The first-order valence-corrected chi connectivity index (χ1v) is 5.41. The van der Waals surface area contributed by atoms with Gasteiger partial charge in [0.15, 0.2) is 0 Å². The lowest BCUT2D eigenvalue weighted by Gasteiger charge is -2.05. The van der Waals surface area contributed by atoms with Gasteiger partial charge in [-0.1, -0.05) is 45.9 Å². The number of hydrogen-bond donors (Lipinski definition) is 1. The molecule has 0 atom stereocenters. The molecule has 0 heterocycles. The van der Waals surface area contributed by atoms with Crippen LogP contribution in [0.5, 0.6) is 0 Å². The summed E-state index contributed by atoms with van der Waals surface area (Å²) >= 11 is 3.38. The first-order valence-electron chi connectivity index (χ1n) is 5.04. The Morgan fingerprint density at radius 1 is 1.12 bits per heavy atom. The SMILES string of the molecule is C=O.CC(C)(C)C.O=C(OS)c1ccccc1. The van der Waals surface area contributed by atoms with E-state index in [1.807, 2.05) is 12.9 Å². The summed E-state index contributed by atoms with van der Waals surface area (Å²) in [5, 5.41) is 0. The first-order chi connectivity index (χ1) is 7.84. The minimum absolute atomic E-state index is 0.427. The lowest BCUT2D eigenvalue weighted by atomic mass is 10.0. The van der Waals surface area contributed by atoms with Crippen molar-refractivity contribution in [3.8, 4) is 0 Å². The van der Waals surface area contributed by atoms with Crippen LogP contribution in [0.4, 0.5) is 0 Å². The first kappa shape index (κ1) is 18.1. The van der Waals surface area contributed by atoms with Crippen LogP contribution in [0.2, 0.25) is 0 Å². The molecule has 0 saturated carbocycles. The molecular formula is C13H20O3S. The summed E-state index contributed by atoms with van der Waals surface area (Å²) in [6.07, 6.45) is 0. The average Bonchev–Trinajstić information content (AvgIpc) is 2.30. The van der Waals surface area contributed by atoms with Crippen molar-refractivity contribution in [2.75, 3.05) is 0 Å². The topological polar surface area (TPSA) is 43.4 Å². The van der Waals surface area contributed by atoms with Crippen LogP contribution in [-0.4, -0.2) is 12.8 Å². The van der Waals surface area contributed by atoms with Gasteiger partial charge in [0.05, 0.1) is 5.56 Å². The van der Waals surface area contributed by atoms with Gasteiger partial charge in [0.1, 0.15) is 6.79 Å². The Labute approximate surface area is 109 Å². The maximum absolute atomic E-state index is 10.7. The molecule has 0 spiro atoms. The van der Waals surface area contributed by atoms with Gasteiger partial charge in [-0.2, -0.15) is 0 Å². The fraction of sp³-hybridized carbons (Fsp3) is 0.385. The largest absolute Gasteiger partial charge is 0.391 e. The molecule has 0 aliphatic rings. The zero-order valence-electron chi connectivity index (χ0n) is 10.8. The van der Waals surface area contributed by atoms with Crippen molar-refractivity contribution < 1.29 is 13.8 Å². The number of hydrogen-bond acceptors (Lipinski definition) is 4. The molecular weight excluding hydrogens is 236 g/mol. The third kappa shape index (κ3) is 14.7. The van der Waals surface area contributed by atoms with Gasteiger partial charge in [-0.15, -0.1) is 0 Å². The molecule has 1 aromatic rings. The molecule has 0 amide bonds. The molecule has 17 heavy (non-hydrogen) atoms. The van der Waals surface area contributed by atoms with Gasteiger partial charge in [-0.25, -0.2) is 4.79 Å². The molecule has 0 radical (unpaired) electrons. The summed E-state index contributed by atoms with van der Waals surface area (Å²) in [7, 11) is 0. The predicted octanol–water partition coefficient (Wildman–Crippen LogP) is 3.56. The molecule has 0 fully saturated rings. The molecule has 0 saturated heterocycles. The monoisotopic (exact) mass is 256 g/mol. The van der Waals surface area contributed by atoms with Crippen LogP contribution < -0.4 is 0 Å². The van der Waals surface area contributed by atoms with Gasteiger partial charge in [0, 0.05) is 12.9 Å². The number of benzene rings is 1. The predicted molar refractivity (Wildman–Crippen MR) is 73.1 cm³/mol. The summed E-state index contributed by atoms with van der Waals surface area (Å²) < 4.78 is 4.19. The molecule has 0 unspecified atom stereocenters. The summed E-state index contributed by atoms with van der Waals surface area (Å²) in [5.74, 6) is -0.427. The molecule has 0 bridgehead atoms. The Kier molecular flexibility index (Phi) is 10.5. The van der Waals surface area contributed by atoms with Crippen molar-refractivity contribution >= 4 is 25.7 Å². The lowest BCUT2D eigenvalue weighted by Crippen LogP contribution is -1.96. The van der Waals surface area contributed by atoms with E-state index in [9.17, 15) is 4.79 Å². The lowest BCUT2D eigenvalue weighted by molar-refractivity contribution is -0.0980. The molecule has 0 N–H and O–H groups in total. The second kappa shape index (κ2) is 9.90. The van der Waals surface area contributed by atoms with E-state index in [0.717, 1.165) is 0 Å². The van der Waals surface area contributed by atoms with E-state index < -0.39 is 5.97 Å². The van der Waals surface area contributed by atoms with Gasteiger partial charge in [-0.3, -0.25) is 0 Å². The van der Waals surface area contributed by atoms with E-state index in [-0.39, 0.29) is 0 Å². The van der Waals surface area contributed by atoms with Crippen molar-refractivity contribution in [2.24, 2.45) is 5.41 Å². The molecule has 3 nitrogen and oxygen atoms in total. The molecule has 1 rings (SSSR count). The van der Waals surface area contributed by atoms with Crippen LogP contribution in [0.3, 0.4) is 0 Å². The second-order valence-electron chi connectivity index (χ2n) is 4.74. The normalized spacial score (nSPS) is 9.00. The summed E-state index contributed by atoms with van der Waals surface area (Å²) in [5.41, 5.74) is 1.01. The van der Waals surface area contributed by atoms with Crippen molar-refractivity contribution in [1.82, 2.24) is 0 Å². The van der Waals surface area contributed by atoms with E-state index in [1.54, 1.807) is 24.3 Å². The maximum atomic E-state index is 10.7. The molecule has 0 aliphatic carbocycles. The highest BCUT2D eigenvalue weighted by molar-refractivity contribution is 7.75. The van der Waals surface area contributed by atoms with Crippen molar-refractivity contribution in [1.29, 1.82) is 0 Å². The van der Waals surface area contributed by atoms with Crippen molar-refractivity contribution in [3.63, 3.8) is 0 Å². The standard InChI is InChI=1S/C7H6O2S.C5H12.CH2O/c8-7(9-10)6-4-2-1-3-5-6;1-5(2,3)4;1-2/h1-5,10H;1-4H3;1H2. The third-order valence-corrected chi connectivity index (χ3v) is 1.26. The van der Waals surface area contributed by atoms with Gasteiger partial charge in [-0.05, 0) is 17.5 Å². The van der Waals surface area contributed by atoms with Gasteiger partial charge in [0.2, 0.25) is 0 Å². The maximum Gasteiger partial charge on any atom is 0.349 e. The highest BCUT2D eigenvalue weighted by Crippen LogP contribution is 2.08. The quantitative estimate of drug-likeness (QED) is 0.617. The number of carbonyl (C=O) groups is 2. The molecule has 4 heteroatoms. The number of carbonyl (C=O) groups excluding carboxylic acids is 2. The van der Waals surface area contributed by atoms with Gasteiger partial charge >= 0.3 is 5.97 Å². The van der Waals surface area contributed by atoms with Crippen LogP contribution in [-0.2, 0) is 8.98 Å². The van der Waals surface area contributed by atoms with E-state index in [0.29, 0.717) is 11.0 Å². The van der Waals surface area contributed by atoms with E-state index >= 15 is 0 Å². The zero-order chi connectivity index (χ0) is 13.9. The summed E-state index contributed by atoms with van der Waals surface area (Å²) in [6.45, 7) is 10.8. The Morgan fingerprint density at radius 3 is 1.76 bits per heavy atom. The fourth-order valence-electron chi connectivity index (χ4n) is 0.627. The minimum atomic E-state index is -0.427. The van der Waals surface area contributed by atoms with Crippen molar-refractivity contribution in [2.45, 2.75) is 27.7 Å². The molecule has 0 aromatic heterocycles. The van der Waals surface area contributed by atoms with Crippen LogP contribution in [0.25, 0.3) is 0 Å². The Balaban J connectivity index is 0.